The number of hydrogen-bond acceptors (Lipinski definition) is 5. The van der Waals surface area contributed by atoms with E-state index in [9.17, 15) is 13.2 Å². The first-order valence-corrected chi connectivity index (χ1v) is 13.2. The van der Waals surface area contributed by atoms with Crippen molar-refractivity contribution in [2.45, 2.75) is 24.7 Å². The maximum Gasteiger partial charge on any atom is 0.243 e. The Morgan fingerprint density at radius 3 is 2.21 bits per heavy atom. The lowest BCUT2D eigenvalue weighted by molar-refractivity contribution is -0.120. The van der Waals surface area contributed by atoms with Crippen LogP contribution in [0.4, 0.5) is 11.4 Å². The van der Waals surface area contributed by atoms with Crippen LogP contribution in [0.2, 0.25) is 5.02 Å². The summed E-state index contributed by atoms with van der Waals surface area (Å²) < 4.78 is 27.2. The maximum atomic E-state index is 12.9. The molecule has 2 aromatic rings. The van der Waals surface area contributed by atoms with E-state index in [1.807, 2.05) is 12.1 Å². The molecule has 2 aromatic carbocycles. The Kier molecular flexibility index (Phi) is 7.28. The van der Waals surface area contributed by atoms with Gasteiger partial charge in [-0.3, -0.25) is 4.79 Å². The largest absolute Gasteiger partial charge is 0.369 e. The highest BCUT2D eigenvalue weighted by Gasteiger charge is 2.32. The molecule has 0 bridgehead atoms. The van der Waals surface area contributed by atoms with Gasteiger partial charge in [0.25, 0.3) is 0 Å². The molecule has 2 aliphatic rings. The summed E-state index contributed by atoms with van der Waals surface area (Å²) in [5, 5.41) is 3.53. The van der Waals surface area contributed by atoms with Crippen LogP contribution in [0.15, 0.2) is 47.4 Å². The Balaban J connectivity index is 1.34. The summed E-state index contributed by atoms with van der Waals surface area (Å²) in [7, 11) is -1.44. The Labute approximate surface area is 201 Å². The van der Waals surface area contributed by atoms with Crippen LogP contribution in [-0.2, 0) is 14.8 Å². The van der Waals surface area contributed by atoms with Crippen molar-refractivity contribution in [1.82, 2.24) is 9.21 Å². The predicted molar refractivity (Wildman–Crippen MR) is 132 cm³/mol. The van der Waals surface area contributed by atoms with Gasteiger partial charge in [0.2, 0.25) is 15.9 Å². The first-order chi connectivity index (χ1) is 15.7. The first kappa shape index (κ1) is 24.0. The minimum absolute atomic E-state index is 0.0507. The van der Waals surface area contributed by atoms with E-state index in [-0.39, 0.29) is 16.7 Å². The Hall–Kier alpha value is -2.13. The van der Waals surface area contributed by atoms with Gasteiger partial charge in [-0.2, -0.15) is 4.31 Å². The van der Waals surface area contributed by atoms with Gasteiger partial charge >= 0.3 is 0 Å². The quantitative estimate of drug-likeness (QED) is 0.695. The number of halogens is 1. The van der Waals surface area contributed by atoms with E-state index < -0.39 is 10.0 Å². The number of amides is 1. The van der Waals surface area contributed by atoms with Crippen LogP contribution >= 0.6 is 11.6 Å². The second kappa shape index (κ2) is 10.0. The van der Waals surface area contributed by atoms with Crippen LogP contribution < -0.4 is 10.2 Å². The summed E-state index contributed by atoms with van der Waals surface area (Å²) in [6.45, 7) is 6.81. The fourth-order valence-electron chi connectivity index (χ4n) is 4.49. The number of carbonyl (C=O) groups excluding carboxylic acids is 1. The number of piperidine rings is 1. The van der Waals surface area contributed by atoms with Crippen molar-refractivity contribution >= 4 is 38.9 Å². The number of rotatable bonds is 5. The third-order valence-corrected chi connectivity index (χ3v) is 8.75. The SMILES string of the molecule is Cc1cc(NC(=O)C2CCN(S(=O)(=O)c3ccc(Cl)cc3)CC2)ccc1N1CCN(C)CC1. The zero-order chi connectivity index (χ0) is 23.6. The number of nitrogens with zero attached hydrogens (tertiary/aromatic N) is 3. The Bertz CT molecular complexity index is 1090. The molecule has 2 saturated heterocycles. The number of anilines is 2. The van der Waals surface area contributed by atoms with Crippen LogP contribution in [0, 0.1) is 12.8 Å². The number of sulfonamides is 1. The molecule has 0 aromatic heterocycles. The second-order valence-corrected chi connectivity index (χ2v) is 11.3. The Morgan fingerprint density at radius 2 is 1.61 bits per heavy atom. The molecular weight excluding hydrogens is 460 g/mol. The maximum absolute atomic E-state index is 12.9. The van der Waals surface area contributed by atoms with Gasteiger partial charge in [-0.1, -0.05) is 11.6 Å². The molecule has 2 heterocycles. The van der Waals surface area contributed by atoms with Gasteiger partial charge in [-0.15, -0.1) is 0 Å². The second-order valence-electron chi connectivity index (χ2n) is 8.91. The highest BCUT2D eigenvalue weighted by molar-refractivity contribution is 7.89. The zero-order valence-corrected chi connectivity index (χ0v) is 20.7. The molecule has 1 amide bonds. The van der Waals surface area contributed by atoms with Gasteiger partial charge < -0.3 is 15.1 Å². The summed E-state index contributed by atoms with van der Waals surface area (Å²) in [4.78, 5) is 17.8. The average molecular weight is 491 g/mol. The van der Waals surface area contributed by atoms with Crippen LogP contribution in [0.1, 0.15) is 18.4 Å². The number of benzene rings is 2. The molecule has 1 N–H and O–H groups in total. The summed E-state index contributed by atoms with van der Waals surface area (Å²) >= 11 is 5.87. The van der Waals surface area contributed by atoms with E-state index in [1.165, 1.54) is 22.1 Å². The van der Waals surface area contributed by atoms with Gasteiger partial charge in [0, 0.05) is 61.6 Å². The zero-order valence-electron chi connectivity index (χ0n) is 19.1. The van der Waals surface area contributed by atoms with Gasteiger partial charge in [0.1, 0.15) is 0 Å². The lowest BCUT2D eigenvalue weighted by Crippen LogP contribution is -2.44. The number of aryl methyl sites for hydroxylation is 1. The van der Waals surface area contributed by atoms with Crippen LogP contribution in [0.5, 0.6) is 0 Å². The van der Waals surface area contributed by atoms with Gasteiger partial charge in [0.15, 0.2) is 0 Å². The number of piperazine rings is 1. The molecule has 4 rings (SSSR count). The van der Waals surface area contributed by atoms with E-state index in [0.717, 1.165) is 37.4 Å². The standard InChI is InChI=1S/C24H31ClN4O3S/c1-18-17-21(5-8-23(18)28-15-13-27(2)14-16-28)26-24(30)19-9-11-29(12-10-19)33(31,32)22-6-3-20(25)4-7-22/h3-8,17,19H,9-16H2,1-2H3,(H,26,30). The van der Waals surface area contributed by atoms with Gasteiger partial charge in [0.05, 0.1) is 4.90 Å². The van der Waals surface area contributed by atoms with Crippen molar-refractivity contribution in [3.63, 3.8) is 0 Å². The molecular formula is C24H31ClN4O3S. The smallest absolute Gasteiger partial charge is 0.243 e. The summed E-state index contributed by atoms with van der Waals surface area (Å²) in [5.41, 5.74) is 3.13. The number of nitrogens with one attached hydrogen (secondary N) is 1. The number of hydrogen-bond donors (Lipinski definition) is 1. The van der Waals surface area contributed by atoms with Crippen molar-refractivity contribution in [3.8, 4) is 0 Å². The highest BCUT2D eigenvalue weighted by atomic mass is 35.5. The van der Waals surface area contributed by atoms with Gasteiger partial charge in [-0.05, 0) is 74.8 Å². The van der Waals surface area contributed by atoms with Crippen molar-refractivity contribution in [2.24, 2.45) is 5.92 Å². The van der Waals surface area contributed by atoms with E-state index >= 15 is 0 Å². The molecule has 178 valence electrons. The van der Waals surface area contributed by atoms with E-state index in [2.05, 4.69) is 35.2 Å². The lowest BCUT2D eigenvalue weighted by Gasteiger charge is -2.35. The first-order valence-electron chi connectivity index (χ1n) is 11.3. The normalized spacial score (nSPS) is 18.9. The summed E-state index contributed by atoms with van der Waals surface area (Å²) in [6, 6.07) is 12.2. The third-order valence-electron chi connectivity index (χ3n) is 6.58. The highest BCUT2D eigenvalue weighted by Crippen LogP contribution is 2.28. The minimum atomic E-state index is -3.58. The number of likely N-dealkylation sites (N-methyl/N-ethyl adjacent to an activating group) is 1. The van der Waals surface area contributed by atoms with Crippen LogP contribution in [0.25, 0.3) is 0 Å². The Morgan fingerprint density at radius 1 is 0.970 bits per heavy atom. The molecule has 0 spiro atoms. The molecule has 33 heavy (non-hydrogen) atoms. The molecule has 0 saturated carbocycles. The molecule has 7 nitrogen and oxygen atoms in total. The van der Waals surface area contributed by atoms with Crippen LogP contribution in [0.3, 0.4) is 0 Å². The monoisotopic (exact) mass is 490 g/mol. The van der Waals surface area contributed by atoms with Crippen molar-refractivity contribution in [1.29, 1.82) is 0 Å². The van der Waals surface area contributed by atoms with Crippen LogP contribution in [-0.4, -0.2) is 69.8 Å². The van der Waals surface area contributed by atoms with Crippen molar-refractivity contribution in [3.05, 3.63) is 53.1 Å². The topological polar surface area (TPSA) is 73.0 Å². The molecule has 0 radical (unpaired) electrons. The van der Waals surface area contributed by atoms with Crippen molar-refractivity contribution in [2.75, 3.05) is 56.5 Å². The molecule has 2 aliphatic heterocycles. The van der Waals surface area contributed by atoms with E-state index in [4.69, 9.17) is 11.6 Å². The predicted octanol–water partition coefficient (Wildman–Crippen LogP) is 3.44. The molecule has 2 fully saturated rings. The third kappa shape index (κ3) is 5.51. The average Bonchev–Trinajstić information content (AvgIpc) is 2.80. The summed E-state index contributed by atoms with van der Waals surface area (Å²) in [5.74, 6) is -0.260. The van der Waals surface area contributed by atoms with Crippen molar-refractivity contribution < 1.29 is 13.2 Å². The fourth-order valence-corrected chi connectivity index (χ4v) is 6.09. The van der Waals surface area contributed by atoms with Gasteiger partial charge in [-0.25, -0.2) is 8.42 Å². The molecule has 0 aliphatic carbocycles. The molecule has 0 unspecified atom stereocenters. The molecule has 9 heteroatoms. The lowest BCUT2D eigenvalue weighted by atomic mass is 9.97. The van der Waals surface area contributed by atoms with E-state index in [1.54, 1.807) is 12.1 Å². The van der Waals surface area contributed by atoms with E-state index in [0.29, 0.717) is 31.0 Å². The summed E-state index contributed by atoms with van der Waals surface area (Å²) in [6.07, 6.45) is 0.994. The molecule has 0 atom stereocenters. The minimum Gasteiger partial charge on any atom is -0.369 e. The fraction of sp³-hybridized carbons (Fsp3) is 0.458. The number of carbonyl (C=O) groups is 1.